The van der Waals surface area contributed by atoms with Crippen molar-refractivity contribution in [3.05, 3.63) is 36.1 Å². The molecule has 8 N–H and O–H groups in total. The lowest BCUT2D eigenvalue weighted by Gasteiger charge is -2.67. The Bertz CT molecular complexity index is 2300. The van der Waals surface area contributed by atoms with Crippen LogP contribution >= 0.6 is 21.6 Å². The van der Waals surface area contributed by atoms with Gasteiger partial charge in [-0.2, -0.15) is 0 Å². The summed E-state index contributed by atoms with van der Waals surface area (Å²) in [6.45, 7) is 4.33. The molecule has 4 heterocycles. The highest BCUT2D eigenvalue weighted by molar-refractivity contribution is 8.77. The van der Waals surface area contributed by atoms with Crippen LogP contribution in [0.2, 0.25) is 0 Å². The SMILES string of the molecule is CCOC(=O)CCc1cc2ccoc2c2c1O[C@@H]1O[C@@]3(CSS[C@@]4(CC5(CCCC5)[C@]5(CCC6(CCCC6)[C@H]5O)C4)[C@@H](CC[C@@H](C)CCC[C@@H]3O)NCCO2)[C@]2(O)C[C@@H]3C=C[C@H](O)[C@@H](CO)[C@H]3[C@@]1(O)[C@H]2O. The van der Waals surface area contributed by atoms with Gasteiger partial charge >= 0.3 is 5.97 Å². The number of allylic oxidation sites excluding steroid dienone is 1. The molecule has 0 unspecified atom stereocenters. The number of ether oxygens (including phenoxy) is 4. The number of rotatable bonds is 5. The molecule has 394 valence electrons. The Hall–Kier alpha value is -2.09. The number of fused-ring (bicyclic) bond motifs is 12. The van der Waals surface area contributed by atoms with Gasteiger partial charge in [0.25, 0.3) is 0 Å². The standard InChI is InChI=1S/C55H79NO13S2/c1-3-65-41(60)16-13-34-27-35-17-25-66-43(35)45-44(34)68-48-55(64)42-36(12-14-38(58)37(42)29-57)28-53(63,47(55)62)54(69-48)32-70-71-52(39(56-24-26-67-45)15-11-33(2)9-8-10-40(54)59)30-50(20-6-7-21-50)51(31-52)23-22-49(46(51)61)18-4-5-19-49/h12,14,17,25,27,33,36-40,42,46-48,56-59,61-64H,3-11,13,15-16,18-24,26,28-32H2,1-2H3/t33-,36-,37+,38-,39+,40-,42-,46+,47-,48+,51+,52+,53-,54+,55+/m0/s1. The highest BCUT2D eigenvalue weighted by Gasteiger charge is 2.79. The van der Waals surface area contributed by atoms with Gasteiger partial charge in [0.05, 0.1) is 31.2 Å². The van der Waals surface area contributed by atoms with Crippen LogP contribution in [0.25, 0.3) is 11.0 Å². The lowest BCUT2D eigenvalue weighted by atomic mass is 9.50. The number of aliphatic hydroxyl groups is 7. The number of esters is 1. The fraction of sp³-hybridized carbons (Fsp3) is 0.800. The maximum atomic E-state index is 13.7. The van der Waals surface area contributed by atoms with E-state index in [-0.39, 0.29) is 78.4 Å². The van der Waals surface area contributed by atoms with E-state index in [1.807, 2.05) is 16.9 Å². The van der Waals surface area contributed by atoms with Gasteiger partial charge in [0.1, 0.15) is 23.9 Å². The first-order valence-electron chi connectivity index (χ1n) is 27.3. The molecular formula is C55H79NO13S2. The summed E-state index contributed by atoms with van der Waals surface area (Å²) in [4.78, 5) is 13.0. The average molecular weight is 1030 g/mol. The van der Waals surface area contributed by atoms with Crippen LogP contribution in [-0.2, 0) is 20.7 Å². The fourth-order valence-electron chi connectivity index (χ4n) is 17.1. The first kappa shape index (κ1) is 51.0. The Kier molecular flexibility index (Phi) is 13.8. The molecule has 2 aromatic rings. The van der Waals surface area contributed by atoms with Crippen LogP contribution in [0.5, 0.6) is 11.5 Å². The monoisotopic (exact) mass is 1030 g/mol. The summed E-state index contributed by atoms with van der Waals surface area (Å²) >= 11 is 0. The number of hydrogen-bond acceptors (Lipinski definition) is 16. The summed E-state index contributed by atoms with van der Waals surface area (Å²) in [7, 11) is 3.36. The predicted octanol–water partition coefficient (Wildman–Crippen LogP) is 6.89. The Labute approximate surface area is 426 Å². The molecule has 1 aromatic carbocycles. The Balaban J connectivity index is 1.10. The molecule has 0 radical (unpaired) electrons. The first-order valence-corrected chi connectivity index (χ1v) is 29.6. The molecule has 1 aromatic heterocycles. The van der Waals surface area contributed by atoms with Crippen molar-refractivity contribution >= 4 is 38.5 Å². The maximum Gasteiger partial charge on any atom is 0.306 e. The zero-order valence-electron chi connectivity index (χ0n) is 41.7. The second-order valence-corrected chi connectivity index (χ2v) is 26.7. The van der Waals surface area contributed by atoms with Crippen LogP contribution in [0.3, 0.4) is 0 Å². The molecule has 3 aliphatic heterocycles. The molecule has 5 bridgehead atoms. The van der Waals surface area contributed by atoms with E-state index in [9.17, 15) is 40.5 Å². The third-order valence-electron chi connectivity index (χ3n) is 20.6. The molecule has 11 rings (SSSR count). The number of furan rings is 1. The largest absolute Gasteiger partial charge is 0.485 e. The third-order valence-corrected chi connectivity index (χ3v) is 23.8. The minimum atomic E-state index is -2.48. The van der Waals surface area contributed by atoms with Crippen molar-refractivity contribution in [2.24, 2.45) is 39.9 Å². The second kappa shape index (κ2) is 19.2. The second-order valence-electron chi connectivity index (χ2n) is 24.0. The molecular weight excluding hydrogens is 947 g/mol. The molecule has 6 aliphatic carbocycles. The van der Waals surface area contributed by atoms with E-state index in [0.717, 1.165) is 96.3 Å². The lowest BCUT2D eigenvalue weighted by Crippen LogP contribution is -2.86. The van der Waals surface area contributed by atoms with E-state index in [4.69, 9.17) is 23.4 Å². The Morgan fingerprint density at radius 2 is 1.70 bits per heavy atom. The van der Waals surface area contributed by atoms with E-state index in [0.29, 0.717) is 35.4 Å². The molecule has 0 amide bonds. The highest BCUT2D eigenvalue weighted by Crippen LogP contribution is 2.77. The van der Waals surface area contributed by atoms with Crippen molar-refractivity contribution in [1.29, 1.82) is 0 Å². The number of aliphatic hydroxyl groups excluding tert-OH is 5. The number of carbonyl (C=O) groups excluding carboxylic acids is 1. The maximum absolute atomic E-state index is 13.7. The third kappa shape index (κ3) is 7.85. The predicted molar refractivity (Wildman–Crippen MR) is 270 cm³/mol. The quantitative estimate of drug-likeness (QED) is 0.0869. The zero-order valence-corrected chi connectivity index (χ0v) is 43.4. The van der Waals surface area contributed by atoms with Crippen LogP contribution in [0.1, 0.15) is 141 Å². The van der Waals surface area contributed by atoms with Crippen LogP contribution in [0.4, 0.5) is 0 Å². The summed E-state index contributed by atoms with van der Waals surface area (Å²) in [6, 6.07) is 3.64. The summed E-state index contributed by atoms with van der Waals surface area (Å²) < 4.78 is 32.4. The minimum absolute atomic E-state index is 0.000644. The summed E-state index contributed by atoms with van der Waals surface area (Å²) in [5, 5.41) is 93.7. The molecule has 5 spiro atoms. The molecule has 2 saturated heterocycles. The van der Waals surface area contributed by atoms with Gasteiger partial charge in [0.2, 0.25) is 12.0 Å². The van der Waals surface area contributed by atoms with Gasteiger partial charge in [-0.25, -0.2) is 0 Å². The lowest BCUT2D eigenvalue weighted by molar-refractivity contribution is -0.424. The summed E-state index contributed by atoms with van der Waals surface area (Å²) in [6.07, 6.45) is 14.4. The number of aryl methyl sites for hydroxylation is 1. The molecule has 71 heavy (non-hydrogen) atoms. The van der Waals surface area contributed by atoms with Crippen molar-refractivity contribution < 1.29 is 63.9 Å². The van der Waals surface area contributed by atoms with Crippen LogP contribution in [-0.4, -0.2) is 132 Å². The van der Waals surface area contributed by atoms with Crippen molar-refractivity contribution in [3.63, 3.8) is 0 Å². The van der Waals surface area contributed by atoms with E-state index in [1.54, 1.807) is 42.2 Å². The van der Waals surface area contributed by atoms with E-state index in [1.165, 1.54) is 0 Å². The van der Waals surface area contributed by atoms with Crippen LogP contribution in [0.15, 0.2) is 35.0 Å². The number of carbonyl (C=O) groups is 1. The molecule has 15 atom stereocenters. The van der Waals surface area contributed by atoms with Gasteiger partial charge in [0, 0.05) is 58.8 Å². The molecule has 16 heteroatoms. The number of nitrogens with one attached hydrogen (secondary N) is 1. The molecule has 7 fully saturated rings. The first-order chi connectivity index (χ1) is 34.1. The zero-order chi connectivity index (χ0) is 49.6. The van der Waals surface area contributed by atoms with E-state index < -0.39 is 82.6 Å². The summed E-state index contributed by atoms with van der Waals surface area (Å²) in [5.41, 5.74) is -6.15. The van der Waals surface area contributed by atoms with Crippen LogP contribution in [0, 0.1) is 39.9 Å². The number of hydrogen-bond donors (Lipinski definition) is 8. The van der Waals surface area contributed by atoms with Gasteiger partial charge in [-0.1, -0.05) is 79.2 Å². The fourth-order valence-corrected chi connectivity index (χ4v) is 21.2. The van der Waals surface area contributed by atoms with Gasteiger partial charge in [0.15, 0.2) is 16.9 Å². The van der Waals surface area contributed by atoms with Crippen molar-refractivity contribution in [3.8, 4) is 11.5 Å². The van der Waals surface area contributed by atoms with Crippen LogP contribution < -0.4 is 14.8 Å². The smallest absolute Gasteiger partial charge is 0.306 e. The van der Waals surface area contributed by atoms with Crippen molar-refractivity contribution in [1.82, 2.24) is 5.32 Å². The molecule has 14 nitrogen and oxygen atoms in total. The normalized spacial score (nSPS) is 44.0. The minimum Gasteiger partial charge on any atom is -0.485 e. The Morgan fingerprint density at radius 1 is 0.915 bits per heavy atom. The van der Waals surface area contributed by atoms with Crippen molar-refractivity contribution in [2.75, 3.05) is 32.1 Å². The average Bonchev–Trinajstić information content (AvgIpc) is 4.21. The van der Waals surface area contributed by atoms with Gasteiger partial charge in [-0.15, -0.1) is 0 Å². The highest BCUT2D eigenvalue weighted by atomic mass is 33.1. The molecule has 9 aliphatic rings. The Morgan fingerprint density at radius 3 is 2.48 bits per heavy atom. The molecule has 5 saturated carbocycles. The number of benzene rings is 1. The van der Waals surface area contributed by atoms with Crippen molar-refractivity contribution in [2.45, 2.75) is 201 Å². The van der Waals surface area contributed by atoms with E-state index in [2.05, 4.69) is 12.2 Å². The van der Waals surface area contributed by atoms with Gasteiger partial charge < -0.3 is 64.4 Å². The van der Waals surface area contributed by atoms with Gasteiger partial charge in [-0.05, 0) is 131 Å². The summed E-state index contributed by atoms with van der Waals surface area (Å²) in [5.74, 6) is -2.54. The van der Waals surface area contributed by atoms with E-state index >= 15 is 0 Å². The van der Waals surface area contributed by atoms with Gasteiger partial charge in [-0.3, -0.25) is 4.79 Å². The topological polar surface area (TPSA) is 221 Å².